The largest absolute Gasteiger partial charge is 0.439 e. The van der Waals surface area contributed by atoms with Crippen molar-refractivity contribution in [3.8, 4) is 11.6 Å². The zero-order valence-corrected chi connectivity index (χ0v) is 13.8. The van der Waals surface area contributed by atoms with E-state index in [2.05, 4.69) is 37.7 Å². The number of aromatic nitrogens is 2. The molecular weight excluding hydrogens is 274 g/mol. The molecule has 4 heteroatoms. The van der Waals surface area contributed by atoms with Crippen molar-refractivity contribution in [1.82, 2.24) is 9.97 Å². The highest BCUT2D eigenvalue weighted by molar-refractivity contribution is 5.40. The van der Waals surface area contributed by atoms with E-state index in [1.54, 1.807) is 0 Å². The molecule has 1 saturated carbocycles. The number of benzene rings is 1. The molecule has 116 valence electrons. The lowest BCUT2D eigenvalue weighted by Crippen LogP contribution is -2.02. The second-order valence-corrected chi connectivity index (χ2v) is 7.23. The first-order chi connectivity index (χ1) is 10.2. The van der Waals surface area contributed by atoms with Crippen molar-refractivity contribution in [3.05, 3.63) is 41.6 Å². The van der Waals surface area contributed by atoms with Gasteiger partial charge in [0, 0.05) is 12.0 Å². The molecule has 1 aromatic heterocycles. The third kappa shape index (κ3) is 2.23. The molecule has 0 atom stereocenters. The molecule has 4 nitrogen and oxygen atoms in total. The minimum atomic E-state index is 0.202. The van der Waals surface area contributed by atoms with Crippen LogP contribution in [0.3, 0.4) is 0 Å². The summed E-state index contributed by atoms with van der Waals surface area (Å²) < 4.78 is 5.91. The minimum Gasteiger partial charge on any atom is -0.439 e. The highest BCUT2D eigenvalue weighted by Crippen LogP contribution is 2.73. The fraction of sp³-hybridized carbons (Fsp3) is 0.444. The summed E-state index contributed by atoms with van der Waals surface area (Å²) in [5.74, 6) is 1.93. The van der Waals surface area contributed by atoms with Crippen LogP contribution < -0.4 is 10.5 Å². The monoisotopic (exact) mass is 297 g/mol. The predicted molar refractivity (Wildman–Crippen MR) is 88.0 cm³/mol. The van der Waals surface area contributed by atoms with Gasteiger partial charge >= 0.3 is 0 Å². The smallest absolute Gasteiger partial charge is 0.224 e. The van der Waals surface area contributed by atoms with Crippen LogP contribution in [0.4, 0.5) is 5.95 Å². The van der Waals surface area contributed by atoms with Crippen molar-refractivity contribution in [1.29, 1.82) is 0 Å². The molecule has 1 aliphatic carbocycles. The molecule has 0 amide bonds. The van der Waals surface area contributed by atoms with Gasteiger partial charge in [0.2, 0.25) is 11.8 Å². The normalized spacial score (nSPS) is 19.0. The zero-order valence-electron chi connectivity index (χ0n) is 13.8. The quantitative estimate of drug-likeness (QED) is 0.917. The van der Waals surface area contributed by atoms with Crippen LogP contribution in [-0.2, 0) is 0 Å². The fourth-order valence-corrected chi connectivity index (χ4v) is 3.38. The first-order valence-electron chi connectivity index (χ1n) is 7.61. The topological polar surface area (TPSA) is 61.0 Å². The van der Waals surface area contributed by atoms with Crippen molar-refractivity contribution in [3.63, 3.8) is 0 Å². The number of aryl methyl sites for hydroxylation is 1. The molecule has 0 aliphatic heterocycles. The van der Waals surface area contributed by atoms with E-state index in [0.717, 1.165) is 17.0 Å². The first kappa shape index (κ1) is 14.8. The van der Waals surface area contributed by atoms with E-state index in [1.807, 2.05) is 37.3 Å². The molecule has 0 unspecified atom stereocenters. The van der Waals surface area contributed by atoms with Crippen LogP contribution in [0.1, 0.15) is 44.9 Å². The van der Waals surface area contributed by atoms with Gasteiger partial charge in [-0.2, -0.15) is 4.98 Å². The maximum Gasteiger partial charge on any atom is 0.224 e. The molecule has 0 bridgehead atoms. The van der Waals surface area contributed by atoms with E-state index in [4.69, 9.17) is 10.5 Å². The summed E-state index contributed by atoms with van der Waals surface area (Å²) in [5.41, 5.74) is 8.32. The molecule has 1 aliphatic rings. The number of para-hydroxylation sites is 1. The number of nitrogen functional groups attached to an aromatic ring is 1. The Morgan fingerprint density at radius 3 is 2.27 bits per heavy atom. The molecule has 0 spiro atoms. The maximum atomic E-state index is 5.91. The van der Waals surface area contributed by atoms with Gasteiger partial charge in [-0.1, -0.05) is 45.9 Å². The SMILES string of the molecule is Cc1ccccc1Oc1cc(C2C(C)(C)C2(C)C)nc(N)n1. The number of nitrogens with two attached hydrogens (primary N) is 1. The Morgan fingerprint density at radius 1 is 1.05 bits per heavy atom. The lowest BCUT2D eigenvalue weighted by atomic mass is 10.0. The third-order valence-corrected chi connectivity index (χ3v) is 5.36. The van der Waals surface area contributed by atoms with E-state index in [0.29, 0.717) is 11.8 Å². The molecular formula is C18H23N3O. The second kappa shape index (κ2) is 4.70. The molecule has 1 aromatic carbocycles. The van der Waals surface area contributed by atoms with E-state index in [-0.39, 0.29) is 16.8 Å². The summed E-state index contributed by atoms with van der Waals surface area (Å²) in [5, 5.41) is 0. The van der Waals surface area contributed by atoms with Gasteiger partial charge in [-0.3, -0.25) is 0 Å². The number of rotatable bonds is 3. The van der Waals surface area contributed by atoms with E-state index in [1.165, 1.54) is 0 Å². The second-order valence-electron chi connectivity index (χ2n) is 7.23. The van der Waals surface area contributed by atoms with Crippen LogP contribution in [0.2, 0.25) is 0 Å². The van der Waals surface area contributed by atoms with Crippen molar-refractivity contribution >= 4 is 5.95 Å². The van der Waals surface area contributed by atoms with Crippen LogP contribution >= 0.6 is 0 Å². The lowest BCUT2D eigenvalue weighted by Gasteiger charge is -2.10. The van der Waals surface area contributed by atoms with Gasteiger partial charge in [-0.05, 0) is 29.4 Å². The van der Waals surface area contributed by atoms with Crippen molar-refractivity contribution in [2.75, 3.05) is 5.73 Å². The van der Waals surface area contributed by atoms with Crippen molar-refractivity contribution in [2.24, 2.45) is 10.8 Å². The molecule has 2 aromatic rings. The van der Waals surface area contributed by atoms with Gasteiger partial charge in [-0.15, -0.1) is 0 Å². The van der Waals surface area contributed by atoms with Gasteiger partial charge in [0.05, 0.1) is 5.69 Å². The Bertz CT molecular complexity index is 708. The summed E-state index contributed by atoms with van der Waals surface area (Å²) in [6.45, 7) is 11.1. The average Bonchev–Trinajstić information content (AvgIpc) is 2.82. The summed E-state index contributed by atoms with van der Waals surface area (Å²) in [7, 11) is 0. The summed E-state index contributed by atoms with van der Waals surface area (Å²) in [6.07, 6.45) is 0. The van der Waals surface area contributed by atoms with E-state index in [9.17, 15) is 0 Å². The predicted octanol–water partition coefficient (Wildman–Crippen LogP) is 4.31. The van der Waals surface area contributed by atoms with Crippen LogP contribution in [0.5, 0.6) is 11.6 Å². The number of hydrogen-bond acceptors (Lipinski definition) is 4. The van der Waals surface area contributed by atoms with Crippen LogP contribution in [0, 0.1) is 17.8 Å². The Morgan fingerprint density at radius 2 is 1.68 bits per heavy atom. The zero-order chi connectivity index (χ0) is 16.1. The van der Waals surface area contributed by atoms with E-state index < -0.39 is 0 Å². The number of hydrogen-bond donors (Lipinski definition) is 1. The first-order valence-corrected chi connectivity index (χ1v) is 7.61. The summed E-state index contributed by atoms with van der Waals surface area (Å²) >= 11 is 0. The molecule has 1 heterocycles. The minimum absolute atomic E-state index is 0.202. The van der Waals surface area contributed by atoms with Gasteiger partial charge < -0.3 is 10.5 Å². The Labute approximate surface area is 131 Å². The van der Waals surface area contributed by atoms with Crippen LogP contribution in [-0.4, -0.2) is 9.97 Å². The third-order valence-electron chi connectivity index (χ3n) is 5.36. The molecule has 1 fully saturated rings. The van der Waals surface area contributed by atoms with E-state index >= 15 is 0 Å². The molecule has 2 N–H and O–H groups in total. The van der Waals surface area contributed by atoms with Crippen LogP contribution in [0.15, 0.2) is 30.3 Å². The summed E-state index contributed by atoms with van der Waals surface area (Å²) in [6, 6.07) is 9.79. The molecule has 0 radical (unpaired) electrons. The fourth-order valence-electron chi connectivity index (χ4n) is 3.38. The maximum absolute atomic E-state index is 5.91. The van der Waals surface area contributed by atoms with Gasteiger partial charge in [0.25, 0.3) is 0 Å². The van der Waals surface area contributed by atoms with Gasteiger partial charge in [0.1, 0.15) is 5.75 Å². The molecule has 22 heavy (non-hydrogen) atoms. The van der Waals surface area contributed by atoms with Crippen LogP contribution in [0.25, 0.3) is 0 Å². The highest BCUT2D eigenvalue weighted by atomic mass is 16.5. The standard InChI is InChI=1S/C18H23N3O/c1-11-8-6-7-9-13(11)22-14-10-12(20-16(19)21-14)15-17(2,3)18(15,4)5/h6-10,15H,1-5H3,(H2,19,20,21). The average molecular weight is 297 g/mol. The van der Waals surface area contributed by atoms with Crippen molar-refractivity contribution in [2.45, 2.75) is 40.5 Å². The Balaban J connectivity index is 1.94. The van der Waals surface area contributed by atoms with Crippen molar-refractivity contribution < 1.29 is 4.74 Å². The number of nitrogens with zero attached hydrogens (tertiary/aromatic N) is 2. The van der Waals surface area contributed by atoms with Gasteiger partial charge in [0.15, 0.2) is 0 Å². The molecule has 3 rings (SSSR count). The van der Waals surface area contributed by atoms with Gasteiger partial charge in [-0.25, -0.2) is 4.98 Å². The lowest BCUT2D eigenvalue weighted by molar-refractivity contribution is 0.457. The Kier molecular flexibility index (Phi) is 3.17. The Hall–Kier alpha value is -2.10. The number of ether oxygens (including phenoxy) is 1. The summed E-state index contributed by atoms with van der Waals surface area (Å²) in [4.78, 5) is 8.66. The number of anilines is 1. The molecule has 0 saturated heterocycles. The highest BCUT2D eigenvalue weighted by Gasteiger charge is 2.66.